The fourth-order valence-corrected chi connectivity index (χ4v) is 4.11. The summed E-state index contributed by atoms with van der Waals surface area (Å²) in [5.41, 5.74) is 0.882. The number of rotatable bonds is 6. The predicted molar refractivity (Wildman–Crippen MR) is 91.3 cm³/mol. The fraction of sp³-hybridized carbons (Fsp3) is 0.647. The molecular formula is C17H24BrClFN. The lowest BCUT2D eigenvalue weighted by Crippen LogP contribution is -2.37. The van der Waals surface area contributed by atoms with Crippen molar-refractivity contribution in [3.05, 3.63) is 33.0 Å². The molecule has 1 atom stereocenters. The smallest absolute Gasteiger partial charge is 0.147 e. The molecule has 2 rings (SSSR count). The molecular weight excluding hydrogens is 353 g/mol. The van der Waals surface area contributed by atoms with E-state index in [-0.39, 0.29) is 22.3 Å². The van der Waals surface area contributed by atoms with Crippen molar-refractivity contribution in [2.75, 3.05) is 6.54 Å². The fourth-order valence-electron chi connectivity index (χ4n) is 3.63. The van der Waals surface area contributed by atoms with Crippen LogP contribution in [-0.2, 0) is 0 Å². The summed E-state index contributed by atoms with van der Waals surface area (Å²) in [7, 11) is 0. The Balaban J connectivity index is 2.42. The van der Waals surface area contributed by atoms with E-state index in [0.29, 0.717) is 4.47 Å². The molecule has 1 aliphatic carbocycles. The largest absolute Gasteiger partial charge is 0.309 e. The third kappa shape index (κ3) is 3.46. The first-order valence-corrected chi connectivity index (χ1v) is 9.09. The van der Waals surface area contributed by atoms with Crippen molar-refractivity contribution in [1.82, 2.24) is 5.32 Å². The summed E-state index contributed by atoms with van der Waals surface area (Å²) in [5.74, 6) is -0.278. The van der Waals surface area contributed by atoms with Gasteiger partial charge >= 0.3 is 0 Å². The molecule has 1 nitrogen and oxygen atoms in total. The Morgan fingerprint density at radius 2 is 2.00 bits per heavy atom. The van der Waals surface area contributed by atoms with Gasteiger partial charge in [0, 0.05) is 16.1 Å². The molecule has 0 aromatic heterocycles. The van der Waals surface area contributed by atoms with Crippen LogP contribution in [0, 0.1) is 11.2 Å². The first-order chi connectivity index (χ1) is 10.1. The minimum absolute atomic E-state index is 0.0514. The zero-order valence-electron chi connectivity index (χ0n) is 12.8. The van der Waals surface area contributed by atoms with Crippen LogP contribution < -0.4 is 5.32 Å². The Labute approximate surface area is 140 Å². The van der Waals surface area contributed by atoms with Crippen LogP contribution in [-0.4, -0.2) is 6.54 Å². The van der Waals surface area contributed by atoms with E-state index >= 15 is 0 Å². The number of hydrogen-bond donors (Lipinski definition) is 1. The highest BCUT2D eigenvalue weighted by Crippen LogP contribution is 2.51. The topological polar surface area (TPSA) is 12.0 Å². The maximum Gasteiger partial charge on any atom is 0.147 e. The van der Waals surface area contributed by atoms with Crippen LogP contribution >= 0.6 is 27.5 Å². The van der Waals surface area contributed by atoms with Gasteiger partial charge in [-0.3, -0.25) is 0 Å². The van der Waals surface area contributed by atoms with Crippen molar-refractivity contribution >= 4 is 27.5 Å². The molecule has 1 N–H and O–H groups in total. The highest BCUT2D eigenvalue weighted by molar-refractivity contribution is 9.10. The molecule has 1 unspecified atom stereocenters. The third-order valence-corrected chi connectivity index (χ3v) is 6.15. The minimum Gasteiger partial charge on any atom is -0.309 e. The molecule has 1 aromatic carbocycles. The maximum atomic E-state index is 14.7. The lowest BCUT2D eigenvalue weighted by Gasteiger charge is -2.38. The highest BCUT2D eigenvalue weighted by Gasteiger charge is 2.41. The van der Waals surface area contributed by atoms with Crippen molar-refractivity contribution in [3.8, 4) is 0 Å². The molecule has 0 bridgehead atoms. The van der Waals surface area contributed by atoms with Crippen LogP contribution in [0.4, 0.5) is 4.39 Å². The van der Waals surface area contributed by atoms with Crippen LogP contribution in [0.15, 0.2) is 16.6 Å². The normalized spacial score (nSPS) is 18.9. The van der Waals surface area contributed by atoms with Crippen LogP contribution in [0.5, 0.6) is 0 Å². The van der Waals surface area contributed by atoms with Gasteiger partial charge in [-0.25, -0.2) is 4.39 Å². The average Bonchev–Trinajstić information content (AvgIpc) is 2.97. The number of benzene rings is 1. The van der Waals surface area contributed by atoms with Crippen molar-refractivity contribution in [2.45, 2.75) is 58.4 Å². The molecule has 118 valence electrons. The lowest BCUT2D eigenvalue weighted by atomic mass is 9.73. The highest BCUT2D eigenvalue weighted by atomic mass is 79.9. The molecule has 0 aliphatic heterocycles. The van der Waals surface area contributed by atoms with Gasteiger partial charge in [-0.1, -0.05) is 44.4 Å². The molecule has 1 fully saturated rings. The van der Waals surface area contributed by atoms with Gasteiger partial charge < -0.3 is 5.32 Å². The first-order valence-electron chi connectivity index (χ1n) is 7.92. The zero-order chi connectivity index (χ0) is 15.5. The van der Waals surface area contributed by atoms with Crippen LogP contribution in [0.1, 0.15) is 64.0 Å². The SMILES string of the molecule is CCCNC(c1ccc(Br)c(Cl)c1F)C1(CC)CCCC1. The van der Waals surface area contributed by atoms with Crippen molar-refractivity contribution in [1.29, 1.82) is 0 Å². The van der Waals surface area contributed by atoms with E-state index in [1.54, 1.807) is 0 Å². The summed E-state index contributed by atoms with van der Waals surface area (Å²) >= 11 is 9.41. The number of halogens is 3. The van der Waals surface area contributed by atoms with E-state index in [9.17, 15) is 4.39 Å². The van der Waals surface area contributed by atoms with Gasteiger partial charge in [-0.15, -0.1) is 0 Å². The molecule has 0 spiro atoms. The summed E-state index contributed by atoms with van der Waals surface area (Å²) in [6, 6.07) is 3.80. The van der Waals surface area contributed by atoms with Crippen molar-refractivity contribution in [2.24, 2.45) is 5.41 Å². The van der Waals surface area contributed by atoms with Crippen LogP contribution in [0.3, 0.4) is 0 Å². The Morgan fingerprint density at radius 3 is 2.57 bits per heavy atom. The average molecular weight is 377 g/mol. The molecule has 1 saturated carbocycles. The zero-order valence-corrected chi connectivity index (χ0v) is 15.2. The third-order valence-electron chi connectivity index (χ3n) is 4.89. The summed E-state index contributed by atoms with van der Waals surface area (Å²) < 4.78 is 15.3. The molecule has 21 heavy (non-hydrogen) atoms. The summed E-state index contributed by atoms with van der Waals surface area (Å²) in [6.07, 6.45) is 6.92. The molecule has 0 saturated heterocycles. The van der Waals surface area contributed by atoms with E-state index in [1.165, 1.54) is 12.8 Å². The number of hydrogen-bond acceptors (Lipinski definition) is 1. The monoisotopic (exact) mass is 375 g/mol. The Kier molecular flexibility index (Phi) is 6.10. The summed E-state index contributed by atoms with van der Waals surface area (Å²) in [6.45, 7) is 5.27. The van der Waals surface area contributed by atoms with Crippen LogP contribution in [0.25, 0.3) is 0 Å². The lowest BCUT2D eigenvalue weighted by molar-refractivity contribution is 0.183. The van der Waals surface area contributed by atoms with Crippen molar-refractivity contribution in [3.63, 3.8) is 0 Å². The van der Waals surface area contributed by atoms with Gasteiger partial charge in [0.1, 0.15) is 5.82 Å². The van der Waals surface area contributed by atoms with E-state index in [0.717, 1.165) is 37.8 Å². The summed E-state index contributed by atoms with van der Waals surface area (Å²) in [5, 5.41) is 3.79. The Bertz CT molecular complexity index is 486. The number of nitrogens with one attached hydrogen (secondary N) is 1. The first kappa shape index (κ1) is 17.2. The van der Waals surface area contributed by atoms with Gasteiger partial charge in [-0.05, 0) is 59.6 Å². The van der Waals surface area contributed by atoms with E-state index in [2.05, 4.69) is 35.1 Å². The van der Waals surface area contributed by atoms with Gasteiger partial charge in [-0.2, -0.15) is 0 Å². The molecule has 1 aromatic rings. The van der Waals surface area contributed by atoms with Gasteiger partial charge in [0.05, 0.1) is 5.02 Å². The van der Waals surface area contributed by atoms with E-state index in [1.807, 2.05) is 12.1 Å². The van der Waals surface area contributed by atoms with Gasteiger partial charge in [0.15, 0.2) is 0 Å². The van der Waals surface area contributed by atoms with Crippen LogP contribution in [0.2, 0.25) is 5.02 Å². The van der Waals surface area contributed by atoms with E-state index in [4.69, 9.17) is 11.6 Å². The van der Waals surface area contributed by atoms with Crippen molar-refractivity contribution < 1.29 is 4.39 Å². The second kappa shape index (κ2) is 7.43. The van der Waals surface area contributed by atoms with Gasteiger partial charge in [0.2, 0.25) is 0 Å². The Morgan fingerprint density at radius 1 is 1.33 bits per heavy atom. The maximum absolute atomic E-state index is 14.7. The van der Waals surface area contributed by atoms with E-state index < -0.39 is 0 Å². The molecule has 0 heterocycles. The molecule has 0 radical (unpaired) electrons. The quantitative estimate of drug-likeness (QED) is 0.578. The molecule has 1 aliphatic rings. The summed E-state index contributed by atoms with van der Waals surface area (Å²) in [4.78, 5) is 0. The predicted octanol–water partition coefficient (Wildman–Crippen LogP) is 6.25. The molecule has 4 heteroatoms. The second-order valence-electron chi connectivity index (χ2n) is 6.07. The van der Waals surface area contributed by atoms with Gasteiger partial charge in [0.25, 0.3) is 0 Å². The Hall–Kier alpha value is -0.120. The minimum atomic E-state index is -0.278. The second-order valence-corrected chi connectivity index (χ2v) is 7.31. The standard InChI is InChI=1S/C17H24BrClFN/c1-3-11-21-16(17(4-2)9-5-6-10-17)12-7-8-13(18)14(19)15(12)20/h7-8,16,21H,3-6,9-11H2,1-2H3. The molecule has 0 amide bonds.